The van der Waals surface area contributed by atoms with Gasteiger partial charge in [-0.1, -0.05) is 13.8 Å². The highest BCUT2D eigenvalue weighted by Crippen LogP contribution is 2.14. The monoisotopic (exact) mass is 252 g/mol. The molecule has 18 heavy (non-hydrogen) atoms. The van der Waals surface area contributed by atoms with Crippen LogP contribution < -0.4 is 10.2 Å². The molecule has 1 aromatic rings. The third kappa shape index (κ3) is 5.31. The second kappa shape index (κ2) is 7.87. The number of aromatic nitrogens is 2. The van der Waals surface area contributed by atoms with E-state index in [0.29, 0.717) is 6.54 Å². The Hall–Kier alpha value is -1.36. The van der Waals surface area contributed by atoms with E-state index in [-0.39, 0.29) is 6.61 Å². The van der Waals surface area contributed by atoms with Crippen molar-refractivity contribution in [1.29, 1.82) is 0 Å². The molecule has 0 saturated heterocycles. The van der Waals surface area contributed by atoms with E-state index in [0.717, 1.165) is 30.5 Å². The summed E-state index contributed by atoms with van der Waals surface area (Å²) in [6, 6.07) is 1.91. The van der Waals surface area contributed by atoms with Gasteiger partial charge in [-0.3, -0.25) is 0 Å². The van der Waals surface area contributed by atoms with E-state index in [4.69, 9.17) is 5.11 Å². The Balaban J connectivity index is 2.48. The van der Waals surface area contributed by atoms with Crippen molar-refractivity contribution in [3.05, 3.63) is 12.4 Å². The Morgan fingerprint density at radius 3 is 2.83 bits per heavy atom. The molecule has 5 nitrogen and oxygen atoms in total. The van der Waals surface area contributed by atoms with Gasteiger partial charge in [0.1, 0.15) is 18.0 Å². The van der Waals surface area contributed by atoms with Gasteiger partial charge in [-0.15, -0.1) is 0 Å². The van der Waals surface area contributed by atoms with Crippen molar-refractivity contribution in [3.8, 4) is 0 Å². The smallest absolute Gasteiger partial charge is 0.133 e. The molecule has 102 valence electrons. The van der Waals surface area contributed by atoms with Gasteiger partial charge in [0, 0.05) is 26.2 Å². The molecule has 0 amide bonds. The quantitative estimate of drug-likeness (QED) is 0.738. The van der Waals surface area contributed by atoms with Crippen LogP contribution >= 0.6 is 0 Å². The van der Waals surface area contributed by atoms with E-state index < -0.39 is 0 Å². The summed E-state index contributed by atoms with van der Waals surface area (Å²) in [4.78, 5) is 10.5. The highest BCUT2D eigenvalue weighted by atomic mass is 16.3. The SMILES string of the molecule is CC(C)CCCN(C)c1cc(NCCO)ncn1. The van der Waals surface area contributed by atoms with E-state index in [1.807, 2.05) is 13.1 Å². The Morgan fingerprint density at radius 2 is 2.17 bits per heavy atom. The maximum Gasteiger partial charge on any atom is 0.133 e. The summed E-state index contributed by atoms with van der Waals surface area (Å²) < 4.78 is 0. The average Bonchev–Trinajstić information content (AvgIpc) is 2.36. The minimum absolute atomic E-state index is 0.101. The van der Waals surface area contributed by atoms with E-state index >= 15 is 0 Å². The molecule has 0 unspecified atom stereocenters. The van der Waals surface area contributed by atoms with Gasteiger partial charge in [-0.25, -0.2) is 9.97 Å². The van der Waals surface area contributed by atoms with Crippen molar-refractivity contribution in [2.24, 2.45) is 5.92 Å². The van der Waals surface area contributed by atoms with Gasteiger partial charge >= 0.3 is 0 Å². The van der Waals surface area contributed by atoms with Crippen LogP contribution in [0.1, 0.15) is 26.7 Å². The van der Waals surface area contributed by atoms with Gasteiger partial charge in [0.15, 0.2) is 0 Å². The fourth-order valence-corrected chi connectivity index (χ4v) is 1.69. The Morgan fingerprint density at radius 1 is 1.39 bits per heavy atom. The van der Waals surface area contributed by atoms with Gasteiger partial charge in [0.25, 0.3) is 0 Å². The van der Waals surface area contributed by atoms with Crippen molar-refractivity contribution in [3.63, 3.8) is 0 Å². The normalized spacial score (nSPS) is 10.7. The molecule has 0 spiro atoms. The molecule has 0 bridgehead atoms. The largest absolute Gasteiger partial charge is 0.395 e. The van der Waals surface area contributed by atoms with Crippen LogP contribution in [0.3, 0.4) is 0 Å². The molecule has 0 aliphatic carbocycles. The fourth-order valence-electron chi connectivity index (χ4n) is 1.69. The average molecular weight is 252 g/mol. The molecule has 0 atom stereocenters. The lowest BCUT2D eigenvalue weighted by Crippen LogP contribution is -2.20. The number of hydrogen-bond donors (Lipinski definition) is 2. The van der Waals surface area contributed by atoms with Crippen LogP contribution in [0.25, 0.3) is 0 Å². The highest BCUT2D eigenvalue weighted by molar-refractivity contribution is 5.47. The number of hydrogen-bond acceptors (Lipinski definition) is 5. The molecular weight excluding hydrogens is 228 g/mol. The van der Waals surface area contributed by atoms with E-state index in [9.17, 15) is 0 Å². The second-order valence-electron chi connectivity index (χ2n) is 4.87. The number of rotatable bonds is 8. The minimum Gasteiger partial charge on any atom is -0.395 e. The Labute approximate surface area is 109 Å². The number of aliphatic hydroxyl groups excluding tert-OH is 1. The van der Waals surface area contributed by atoms with Crippen LogP contribution in [0.2, 0.25) is 0 Å². The lowest BCUT2D eigenvalue weighted by molar-refractivity contribution is 0.311. The van der Waals surface area contributed by atoms with Crippen LogP contribution in [-0.2, 0) is 0 Å². The summed E-state index contributed by atoms with van der Waals surface area (Å²) in [6.07, 6.45) is 3.94. The predicted octanol–water partition coefficient (Wildman–Crippen LogP) is 1.75. The maximum atomic E-state index is 8.76. The first-order chi connectivity index (χ1) is 8.63. The molecule has 0 saturated carbocycles. The van der Waals surface area contributed by atoms with Crippen molar-refractivity contribution >= 4 is 11.6 Å². The summed E-state index contributed by atoms with van der Waals surface area (Å²) >= 11 is 0. The third-order valence-electron chi connectivity index (χ3n) is 2.74. The zero-order valence-corrected chi connectivity index (χ0v) is 11.6. The lowest BCUT2D eigenvalue weighted by atomic mass is 10.1. The minimum atomic E-state index is 0.101. The first-order valence-electron chi connectivity index (χ1n) is 6.51. The number of nitrogens with zero attached hydrogens (tertiary/aromatic N) is 3. The van der Waals surface area contributed by atoms with Crippen molar-refractivity contribution in [1.82, 2.24) is 9.97 Å². The first kappa shape index (κ1) is 14.7. The van der Waals surface area contributed by atoms with Gasteiger partial charge in [0.05, 0.1) is 6.61 Å². The van der Waals surface area contributed by atoms with Crippen LogP contribution in [-0.4, -0.2) is 41.8 Å². The topological polar surface area (TPSA) is 61.3 Å². The molecule has 0 aliphatic rings. The summed E-state index contributed by atoms with van der Waals surface area (Å²) in [5, 5.41) is 11.8. The molecule has 0 fully saturated rings. The standard InChI is InChI=1S/C13H24N4O/c1-11(2)5-4-7-17(3)13-9-12(14-6-8-18)15-10-16-13/h9-11,18H,4-8H2,1-3H3,(H,14,15,16). The molecule has 2 N–H and O–H groups in total. The van der Waals surface area contributed by atoms with Gasteiger partial charge in [-0.05, 0) is 18.8 Å². The van der Waals surface area contributed by atoms with Crippen LogP contribution in [0.4, 0.5) is 11.6 Å². The van der Waals surface area contributed by atoms with Gasteiger partial charge in [0.2, 0.25) is 0 Å². The molecule has 1 aromatic heterocycles. The first-order valence-corrected chi connectivity index (χ1v) is 6.51. The Kier molecular flexibility index (Phi) is 6.43. The fraction of sp³-hybridized carbons (Fsp3) is 0.692. The van der Waals surface area contributed by atoms with E-state index in [1.165, 1.54) is 6.42 Å². The Bertz CT molecular complexity index is 344. The molecule has 1 heterocycles. The van der Waals surface area contributed by atoms with Crippen molar-refractivity contribution in [2.45, 2.75) is 26.7 Å². The van der Waals surface area contributed by atoms with E-state index in [1.54, 1.807) is 6.33 Å². The number of anilines is 2. The number of nitrogens with one attached hydrogen (secondary N) is 1. The van der Waals surface area contributed by atoms with Gasteiger partial charge in [-0.2, -0.15) is 0 Å². The zero-order valence-electron chi connectivity index (χ0n) is 11.6. The summed E-state index contributed by atoms with van der Waals surface area (Å²) in [7, 11) is 2.04. The summed E-state index contributed by atoms with van der Waals surface area (Å²) in [6.45, 7) is 6.08. The van der Waals surface area contributed by atoms with Crippen molar-refractivity contribution < 1.29 is 5.11 Å². The summed E-state index contributed by atoms with van der Waals surface area (Å²) in [5.74, 6) is 2.41. The third-order valence-corrected chi connectivity index (χ3v) is 2.74. The predicted molar refractivity (Wildman–Crippen MR) is 74.9 cm³/mol. The molecule has 0 aromatic carbocycles. The highest BCUT2D eigenvalue weighted by Gasteiger charge is 2.04. The molecule has 0 aliphatic heterocycles. The lowest BCUT2D eigenvalue weighted by Gasteiger charge is -2.19. The van der Waals surface area contributed by atoms with Crippen LogP contribution in [0.15, 0.2) is 12.4 Å². The van der Waals surface area contributed by atoms with Crippen LogP contribution in [0, 0.1) is 5.92 Å². The number of aliphatic hydroxyl groups is 1. The van der Waals surface area contributed by atoms with Gasteiger partial charge < -0.3 is 15.3 Å². The molecule has 1 rings (SSSR count). The van der Waals surface area contributed by atoms with Crippen LogP contribution in [0.5, 0.6) is 0 Å². The molecule has 5 heteroatoms. The second-order valence-corrected chi connectivity index (χ2v) is 4.87. The van der Waals surface area contributed by atoms with Crippen molar-refractivity contribution in [2.75, 3.05) is 37.0 Å². The summed E-state index contributed by atoms with van der Waals surface area (Å²) in [5.41, 5.74) is 0. The zero-order chi connectivity index (χ0) is 13.4. The molecule has 0 radical (unpaired) electrons. The van der Waals surface area contributed by atoms with E-state index in [2.05, 4.69) is 34.0 Å². The molecular formula is C13H24N4O. The maximum absolute atomic E-state index is 8.76.